The van der Waals surface area contributed by atoms with Gasteiger partial charge >= 0.3 is 5.97 Å². The van der Waals surface area contributed by atoms with Crippen LogP contribution >= 0.6 is 0 Å². The van der Waals surface area contributed by atoms with Gasteiger partial charge in [-0.1, -0.05) is 0 Å². The minimum absolute atomic E-state index is 0.156. The Morgan fingerprint density at radius 1 is 1.29 bits per heavy atom. The molecule has 0 fully saturated rings. The number of rotatable bonds is 3. The summed E-state index contributed by atoms with van der Waals surface area (Å²) >= 11 is 0. The largest absolute Gasteiger partial charge is 0.508 e. The van der Waals surface area contributed by atoms with Crippen LogP contribution in [0.1, 0.15) is 13.8 Å². The van der Waals surface area contributed by atoms with Crippen LogP contribution in [0.4, 0.5) is 5.69 Å². The number of aliphatic carboxylic acids is 1. The van der Waals surface area contributed by atoms with Gasteiger partial charge in [-0.05, 0) is 38.1 Å². The first-order valence-electron chi connectivity index (χ1n) is 4.22. The summed E-state index contributed by atoms with van der Waals surface area (Å²) < 4.78 is 0. The van der Waals surface area contributed by atoms with Crippen molar-refractivity contribution < 1.29 is 15.0 Å². The highest BCUT2D eigenvalue weighted by Crippen LogP contribution is 2.18. The van der Waals surface area contributed by atoms with Crippen LogP contribution in [0.2, 0.25) is 0 Å². The molecule has 0 radical (unpaired) electrons. The van der Waals surface area contributed by atoms with E-state index in [4.69, 9.17) is 10.2 Å². The highest BCUT2D eigenvalue weighted by molar-refractivity contribution is 5.81. The molecule has 0 spiro atoms. The second kappa shape index (κ2) is 3.57. The molecular formula is C10H13NO3. The monoisotopic (exact) mass is 195 g/mol. The van der Waals surface area contributed by atoms with Crippen molar-refractivity contribution in [1.82, 2.24) is 0 Å². The number of aromatic hydroxyl groups is 1. The Bertz CT molecular complexity index is 330. The van der Waals surface area contributed by atoms with Gasteiger partial charge in [-0.2, -0.15) is 0 Å². The fourth-order valence-electron chi connectivity index (χ4n) is 0.959. The number of anilines is 1. The first-order chi connectivity index (χ1) is 6.42. The molecule has 4 heteroatoms. The van der Waals surface area contributed by atoms with Crippen molar-refractivity contribution in [2.45, 2.75) is 19.4 Å². The van der Waals surface area contributed by atoms with E-state index in [2.05, 4.69) is 5.32 Å². The second-order valence-corrected chi connectivity index (χ2v) is 3.60. The van der Waals surface area contributed by atoms with Crippen molar-refractivity contribution >= 4 is 11.7 Å². The number of phenolic OH excluding ortho intramolecular Hbond substituents is 1. The van der Waals surface area contributed by atoms with Crippen molar-refractivity contribution in [2.75, 3.05) is 5.32 Å². The lowest BCUT2D eigenvalue weighted by Crippen LogP contribution is -2.39. The summed E-state index contributed by atoms with van der Waals surface area (Å²) in [6.07, 6.45) is 0. The molecule has 1 rings (SSSR count). The number of carboxylic acid groups (broad SMARTS) is 1. The van der Waals surface area contributed by atoms with E-state index in [1.54, 1.807) is 26.0 Å². The molecule has 0 saturated carbocycles. The lowest BCUT2D eigenvalue weighted by molar-refractivity contribution is -0.141. The summed E-state index contributed by atoms with van der Waals surface area (Å²) in [5, 5.41) is 20.7. The topological polar surface area (TPSA) is 69.6 Å². The zero-order valence-corrected chi connectivity index (χ0v) is 8.11. The van der Waals surface area contributed by atoms with Crippen LogP contribution < -0.4 is 5.32 Å². The van der Waals surface area contributed by atoms with E-state index < -0.39 is 11.5 Å². The van der Waals surface area contributed by atoms with Gasteiger partial charge in [0, 0.05) is 5.69 Å². The minimum Gasteiger partial charge on any atom is -0.508 e. The Morgan fingerprint density at radius 3 is 2.21 bits per heavy atom. The van der Waals surface area contributed by atoms with Crippen molar-refractivity contribution in [3.63, 3.8) is 0 Å². The van der Waals surface area contributed by atoms with Crippen LogP contribution in [-0.4, -0.2) is 21.7 Å². The molecule has 0 aliphatic heterocycles. The molecule has 0 bridgehead atoms. The number of phenols is 1. The molecule has 1 aromatic carbocycles. The number of hydrogen-bond acceptors (Lipinski definition) is 3. The van der Waals surface area contributed by atoms with Gasteiger partial charge in [-0.15, -0.1) is 0 Å². The first kappa shape index (κ1) is 10.4. The number of nitrogens with one attached hydrogen (secondary N) is 1. The molecule has 0 heterocycles. The molecule has 0 atom stereocenters. The van der Waals surface area contributed by atoms with E-state index >= 15 is 0 Å². The van der Waals surface area contributed by atoms with Gasteiger partial charge in [-0.3, -0.25) is 0 Å². The summed E-state index contributed by atoms with van der Waals surface area (Å²) in [6.45, 7) is 3.14. The SMILES string of the molecule is CC(C)(Nc1ccc(O)cc1)C(=O)O. The third kappa shape index (κ3) is 2.39. The number of hydrogen-bond donors (Lipinski definition) is 3. The smallest absolute Gasteiger partial charge is 0.328 e. The van der Waals surface area contributed by atoms with E-state index in [0.717, 1.165) is 0 Å². The molecular weight excluding hydrogens is 182 g/mol. The van der Waals surface area contributed by atoms with Crippen LogP contribution in [0, 0.1) is 0 Å². The molecule has 1 aromatic rings. The summed E-state index contributed by atoms with van der Waals surface area (Å²) in [7, 11) is 0. The zero-order valence-electron chi connectivity index (χ0n) is 8.11. The molecule has 0 aliphatic carbocycles. The van der Waals surface area contributed by atoms with Crippen LogP contribution in [0.15, 0.2) is 24.3 Å². The molecule has 0 unspecified atom stereocenters. The Balaban J connectivity index is 2.79. The standard InChI is InChI=1S/C10H13NO3/c1-10(2,9(13)14)11-7-3-5-8(12)6-4-7/h3-6,11-12H,1-2H3,(H,13,14). The fraction of sp³-hybridized carbons (Fsp3) is 0.300. The number of benzene rings is 1. The van der Waals surface area contributed by atoms with Gasteiger partial charge in [0.15, 0.2) is 0 Å². The predicted octanol–water partition coefficient (Wildman–Crippen LogP) is 1.67. The van der Waals surface area contributed by atoms with Crippen molar-refractivity contribution in [1.29, 1.82) is 0 Å². The van der Waals surface area contributed by atoms with Gasteiger partial charge in [0.1, 0.15) is 11.3 Å². The lowest BCUT2D eigenvalue weighted by Gasteiger charge is -2.22. The third-order valence-corrected chi connectivity index (χ3v) is 1.86. The van der Waals surface area contributed by atoms with E-state index in [-0.39, 0.29) is 5.75 Å². The molecule has 0 aliphatic rings. The maximum Gasteiger partial charge on any atom is 0.328 e. The van der Waals surface area contributed by atoms with E-state index in [9.17, 15) is 4.79 Å². The maximum atomic E-state index is 10.8. The summed E-state index contributed by atoms with van der Waals surface area (Å²) in [6, 6.07) is 6.25. The van der Waals surface area contributed by atoms with Gasteiger partial charge in [0.05, 0.1) is 0 Å². The molecule has 0 aromatic heterocycles. The average Bonchev–Trinajstić information content (AvgIpc) is 2.08. The van der Waals surface area contributed by atoms with E-state index in [0.29, 0.717) is 5.69 Å². The predicted molar refractivity (Wildman–Crippen MR) is 53.4 cm³/mol. The van der Waals surface area contributed by atoms with Crippen LogP contribution in [-0.2, 0) is 4.79 Å². The van der Waals surface area contributed by atoms with E-state index in [1.807, 2.05) is 0 Å². The number of carboxylic acids is 1. The molecule has 4 nitrogen and oxygen atoms in total. The highest BCUT2D eigenvalue weighted by Gasteiger charge is 2.26. The Kier molecular flexibility index (Phi) is 2.65. The van der Waals surface area contributed by atoms with Gasteiger partial charge in [-0.25, -0.2) is 4.79 Å². The Hall–Kier alpha value is -1.71. The molecule has 76 valence electrons. The third-order valence-electron chi connectivity index (χ3n) is 1.86. The molecule has 0 amide bonds. The lowest BCUT2D eigenvalue weighted by atomic mass is 10.1. The molecule has 3 N–H and O–H groups in total. The average molecular weight is 195 g/mol. The summed E-state index contributed by atoms with van der Waals surface area (Å²) in [5.74, 6) is -0.769. The fourth-order valence-corrected chi connectivity index (χ4v) is 0.959. The van der Waals surface area contributed by atoms with Crippen molar-refractivity contribution in [3.05, 3.63) is 24.3 Å². The van der Waals surface area contributed by atoms with Crippen molar-refractivity contribution in [3.8, 4) is 5.75 Å². The normalized spacial score (nSPS) is 11.0. The molecule has 0 saturated heterocycles. The minimum atomic E-state index is -1.02. The van der Waals surface area contributed by atoms with Crippen LogP contribution in [0.25, 0.3) is 0 Å². The Morgan fingerprint density at radius 2 is 1.79 bits per heavy atom. The quantitative estimate of drug-likeness (QED) is 0.641. The summed E-state index contributed by atoms with van der Waals surface area (Å²) in [5.41, 5.74) is -0.355. The molecule has 14 heavy (non-hydrogen) atoms. The van der Waals surface area contributed by atoms with Gasteiger partial charge in [0.25, 0.3) is 0 Å². The zero-order chi connectivity index (χ0) is 10.8. The maximum absolute atomic E-state index is 10.8. The first-order valence-corrected chi connectivity index (χ1v) is 4.22. The van der Waals surface area contributed by atoms with Crippen LogP contribution in [0.3, 0.4) is 0 Å². The Labute approximate surface area is 82.2 Å². The van der Waals surface area contributed by atoms with Crippen molar-refractivity contribution in [2.24, 2.45) is 0 Å². The second-order valence-electron chi connectivity index (χ2n) is 3.60. The van der Waals surface area contributed by atoms with Gasteiger partial charge < -0.3 is 15.5 Å². The van der Waals surface area contributed by atoms with Gasteiger partial charge in [0.2, 0.25) is 0 Å². The van der Waals surface area contributed by atoms with Crippen LogP contribution in [0.5, 0.6) is 5.75 Å². The number of carbonyl (C=O) groups is 1. The highest BCUT2D eigenvalue weighted by atomic mass is 16.4. The summed E-state index contributed by atoms with van der Waals surface area (Å²) in [4.78, 5) is 10.8. The van der Waals surface area contributed by atoms with E-state index in [1.165, 1.54) is 12.1 Å².